The number of nitriles is 1. The van der Waals surface area contributed by atoms with Crippen molar-refractivity contribution in [2.75, 3.05) is 26.1 Å². The van der Waals surface area contributed by atoms with Crippen molar-refractivity contribution >= 4 is 35.2 Å². The zero-order valence-corrected chi connectivity index (χ0v) is 16.9. The van der Waals surface area contributed by atoms with Crippen molar-refractivity contribution in [3.05, 3.63) is 58.1 Å². The molecule has 29 heavy (non-hydrogen) atoms. The summed E-state index contributed by atoms with van der Waals surface area (Å²) in [6.45, 7) is 1.50. The van der Waals surface area contributed by atoms with Gasteiger partial charge >= 0.3 is 5.97 Å². The molecule has 150 valence electrons. The van der Waals surface area contributed by atoms with E-state index in [-0.39, 0.29) is 12.2 Å². The monoisotopic (exact) mass is 414 g/mol. The number of methoxy groups -OCH3 is 2. The molecule has 8 heteroatoms. The van der Waals surface area contributed by atoms with E-state index in [1.807, 2.05) is 6.07 Å². The third-order valence-electron chi connectivity index (χ3n) is 3.95. The number of nitrogens with zero attached hydrogens (tertiary/aromatic N) is 1. The Labute approximate surface area is 173 Å². The minimum absolute atomic E-state index is 0.102. The highest BCUT2D eigenvalue weighted by Crippen LogP contribution is 2.29. The van der Waals surface area contributed by atoms with Crippen LogP contribution in [0, 0.1) is 18.3 Å². The Balaban J connectivity index is 2.23. The van der Waals surface area contributed by atoms with Gasteiger partial charge in [0.05, 0.1) is 14.2 Å². The van der Waals surface area contributed by atoms with Crippen LogP contribution in [0.4, 0.5) is 5.69 Å². The highest BCUT2D eigenvalue weighted by Gasteiger charge is 2.13. The van der Waals surface area contributed by atoms with Gasteiger partial charge in [0, 0.05) is 10.7 Å². The van der Waals surface area contributed by atoms with Crippen LogP contribution < -0.4 is 14.8 Å². The van der Waals surface area contributed by atoms with E-state index in [9.17, 15) is 14.9 Å². The van der Waals surface area contributed by atoms with E-state index >= 15 is 0 Å². The van der Waals surface area contributed by atoms with E-state index in [0.29, 0.717) is 33.3 Å². The van der Waals surface area contributed by atoms with Crippen molar-refractivity contribution in [2.24, 2.45) is 0 Å². The lowest BCUT2D eigenvalue weighted by atomic mass is 10.1. The van der Waals surface area contributed by atoms with Crippen LogP contribution in [0.15, 0.2) is 42.0 Å². The maximum atomic E-state index is 12.5. The number of hydrogen-bond donors (Lipinski definition) is 1. The number of benzene rings is 2. The summed E-state index contributed by atoms with van der Waals surface area (Å²) in [5.41, 5.74) is 1.66. The first kappa shape index (κ1) is 21.8. The van der Waals surface area contributed by atoms with Crippen molar-refractivity contribution in [3.8, 4) is 17.6 Å². The van der Waals surface area contributed by atoms with Crippen LogP contribution in [0.1, 0.15) is 11.1 Å². The molecule has 7 nitrogen and oxygen atoms in total. The Morgan fingerprint density at radius 3 is 2.62 bits per heavy atom. The quantitative estimate of drug-likeness (QED) is 0.421. The summed E-state index contributed by atoms with van der Waals surface area (Å²) < 4.78 is 15.1. The van der Waals surface area contributed by atoms with E-state index in [4.69, 9.17) is 21.1 Å². The molecule has 0 aliphatic carbocycles. The van der Waals surface area contributed by atoms with Gasteiger partial charge in [0.25, 0.3) is 5.91 Å². The van der Waals surface area contributed by atoms with Crippen molar-refractivity contribution in [2.45, 2.75) is 6.92 Å². The van der Waals surface area contributed by atoms with Gasteiger partial charge in [0.1, 0.15) is 11.6 Å². The molecule has 0 atom stereocenters. The summed E-state index contributed by atoms with van der Waals surface area (Å²) in [5, 5.41) is 12.6. The summed E-state index contributed by atoms with van der Waals surface area (Å²) in [6.07, 6.45) is 1.42. The molecule has 0 aliphatic heterocycles. The number of ether oxygens (including phenoxy) is 3. The van der Waals surface area contributed by atoms with Crippen LogP contribution in [0.5, 0.6) is 11.5 Å². The van der Waals surface area contributed by atoms with E-state index in [0.717, 1.165) is 0 Å². The Morgan fingerprint density at radius 2 is 1.97 bits per heavy atom. The smallest absolute Gasteiger partial charge is 0.343 e. The minimum Gasteiger partial charge on any atom is -0.493 e. The van der Waals surface area contributed by atoms with Gasteiger partial charge in [-0.2, -0.15) is 5.26 Å². The zero-order valence-electron chi connectivity index (χ0n) is 16.1. The molecule has 0 unspecified atom stereocenters. The van der Waals surface area contributed by atoms with Gasteiger partial charge in [-0.25, -0.2) is 4.79 Å². The zero-order chi connectivity index (χ0) is 21.4. The first-order valence-electron chi connectivity index (χ1n) is 8.45. The Hall–Kier alpha value is -3.50. The molecule has 0 bridgehead atoms. The molecule has 0 radical (unpaired) electrons. The predicted octanol–water partition coefficient (Wildman–Crippen LogP) is 3.75. The molecule has 0 aliphatic rings. The Morgan fingerprint density at radius 1 is 1.21 bits per heavy atom. The molecule has 2 aromatic rings. The molecule has 0 spiro atoms. The molecule has 0 fully saturated rings. The van der Waals surface area contributed by atoms with Crippen molar-refractivity contribution in [1.29, 1.82) is 5.26 Å². The fourth-order valence-electron chi connectivity index (χ4n) is 2.34. The van der Waals surface area contributed by atoms with Gasteiger partial charge in [0.2, 0.25) is 0 Å². The fraction of sp³-hybridized carbons (Fsp3) is 0.190. The number of hydrogen-bond acceptors (Lipinski definition) is 6. The van der Waals surface area contributed by atoms with Crippen LogP contribution in [0.25, 0.3) is 6.08 Å². The maximum absolute atomic E-state index is 12.5. The molecule has 2 rings (SSSR count). The lowest BCUT2D eigenvalue weighted by Crippen LogP contribution is -2.14. The second-order valence-electron chi connectivity index (χ2n) is 5.81. The van der Waals surface area contributed by atoms with Gasteiger partial charge in [-0.15, -0.1) is 0 Å². The van der Waals surface area contributed by atoms with Crippen molar-refractivity contribution in [3.63, 3.8) is 0 Å². The number of anilines is 1. The summed E-state index contributed by atoms with van der Waals surface area (Å²) in [7, 11) is 2.70. The van der Waals surface area contributed by atoms with E-state index < -0.39 is 11.9 Å². The molecule has 1 amide bonds. The van der Waals surface area contributed by atoms with E-state index in [1.165, 1.54) is 20.3 Å². The average Bonchev–Trinajstić information content (AvgIpc) is 2.73. The van der Waals surface area contributed by atoms with Crippen LogP contribution in [-0.4, -0.2) is 32.7 Å². The predicted molar refractivity (Wildman–Crippen MR) is 109 cm³/mol. The van der Waals surface area contributed by atoms with Gasteiger partial charge < -0.3 is 19.5 Å². The topological polar surface area (TPSA) is 97.7 Å². The Kier molecular flexibility index (Phi) is 7.63. The molecule has 2 aromatic carbocycles. The maximum Gasteiger partial charge on any atom is 0.343 e. The average molecular weight is 415 g/mol. The minimum atomic E-state index is -0.567. The van der Waals surface area contributed by atoms with E-state index in [2.05, 4.69) is 10.1 Å². The van der Waals surface area contributed by atoms with Gasteiger partial charge in [-0.3, -0.25) is 4.79 Å². The van der Waals surface area contributed by atoms with Gasteiger partial charge in [-0.1, -0.05) is 23.7 Å². The van der Waals surface area contributed by atoms with Crippen LogP contribution in [0.3, 0.4) is 0 Å². The summed E-state index contributed by atoms with van der Waals surface area (Å²) >= 11 is 6.06. The molecule has 0 saturated carbocycles. The molecular formula is C21H19ClN2O5. The third-order valence-corrected chi connectivity index (χ3v) is 4.36. The number of nitrogens with one attached hydrogen (secondary N) is 1. The molecule has 0 aromatic heterocycles. The first-order valence-corrected chi connectivity index (χ1v) is 8.83. The van der Waals surface area contributed by atoms with Crippen molar-refractivity contribution in [1.82, 2.24) is 0 Å². The Bertz CT molecular complexity index is 995. The lowest BCUT2D eigenvalue weighted by molar-refractivity contribution is -0.142. The van der Waals surface area contributed by atoms with Crippen molar-refractivity contribution < 1.29 is 23.8 Å². The van der Waals surface area contributed by atoms with E-state index in [1.54, 1.807) is 43.3 Å². The lowest BCUT2D eigenvalue weighted by Gasteiger charge is -2.11. The molecule has 1 N–H and O–H groups in total. The summed E-state index contributed by atoms with van der Waals surface area (Å²) in [4.78, 5) is 23.7. The second kappa shape index (κ2) is 10.2. The largest absolute Gasteiger partial charge is 0.493 e. The highest BCUT2D eigenvalue weighted by atomic mass is 35.5. The molecular weight excluding hydrogens is 396 g/mol. The third kappa shape index (κ3) is 5.74. The summed E-state index contributed by atoms with van der Waals surface area (Å²) in [6, 6.07) is 11.8. The molecule has 0 heterocycles. The highest BCUT2D eigenvalue weighted by molar-refractivity contribution is 6.31. The van der Waals surface area contributed by atoms with Gasteiger partial charge in [-0.05, 0) is 48.4 Å². The van der Waals surface area contributed by atoms with Crippen LogP contribution in [-0.2, 0) is 14.3 Å². The fourth-order valence-corrected chi connectivity index (χ4v) is 2.51. The van der Waals surface area contributed by atoms with Crippen LogP contribution in [0.2, 0.25) is 5.02 Å². The molecule has 0 saturated heterocycles. The number of esters is 1. The number of halogens is 1. The number of carbonyl (C=O) groups is 2. The standard InChI is InChI=1S/C21H19ClN2O5/c1-13-16(22)5-4-6-17(13)24-21(26)15(11-23)9-14-7-8-18(19(10-14)27-2)29-12-20(25)28-3/h4-10H,12H2,1-3H3,(H,24,26)/b15-9+. The number of rotatable bonds is 7. The first-order chi connectivity index (χ1) is 13.9. The second-order valence-corrected chi connectivity index (χ2v) is 6.22. The van der Waals surface area contributed by atoms with Gasteiger partial charge in [0.15, 0.2) is 18.1 Å². The number of carbonyl (C=O) groups excluding carboxylic acids is 2. The normalized spacial score (nSPS) is 10.7. The van der Waals surface area contributed by atoms with Crippen LogP contribution >= 0.6 is 11.6 Å². The SMILES string of the molecule is COC(=O)COc1ccc(/C=C(\C#N)C(=O)Nc2cccc(Cl)c2C)cc1OC. The summed E-state index contributed by atoms with van der Waals surface area (Å²) in [5.74, 6) is -0.433. The number of amides is 1.